The van der Waals surface area contributed by atoms with E-state index in [4.69, 9.17) is 10.5 Å². The van der Waals surface area contributed by atoms with Gasteiger partial charge in [-0.2, -0.15) is 0 Å². The molecular weight excluding hydrogens is 341 g/mol. The molecule has 3 N–H and O–H groups in total. The molecule has 2 aromatic rings. The van der Waals surface area contributed by atoms with Gasteiger partial charge in [-0.15, -0.1) is 0 Å². The molecule has 4 rings (SSSR count). The highest BCUT2D eigenvalue weighted by molar-refractivity contribution is 5.92. The fraction of sp³-hybridized carbons (Fsp3) is 0.409. The molecule has 27 heavy (non-hydrogen) atoms. The standard InChI is InChI=1S/C22H26FN3O/c23-19-6-2-5-18(14-19)22(9-11-27-12-10-22)15-25-21(24)26-20-8-7-16-3-1-4-17(16)13-20/h2,5-8,13-14H,1,3-4,9-12,15H2,(H3,24,25,26). The summed E-state index contributed by atoms with van der Waals surface area (Å²) in [5, 5.41) is 3.21. The van der Waals surface area contributed by atoms with Crippen LogP contribution in [-0.4, -0.2) is 25.7 Å². The highest BCUT2D eigenvalue weighted by atomic mass is 19.1. The Labute approximate surface area is 159 Å². The third kappa shape index (κ3) is 3.98. The zero-order chi connectivity index (χ0) is 18.7. The van der Waals surface area contributed by atoms with Gasteiger partial charge < -0.3 is 15.8 Å². The number of nitrogens with zero attached hydrogens (tertiary/aromatic N) is 1. The second kappa shape index (κ2) is 7.69. The Hall–Kier alpha value is -2.40. The van der Waals surface area contributed by atoms with E-state index in [1.165, 1.54) is 23.6 Å². The van der Waals surface area contributed by atoms with Crippen molar-refractivity contribution < 1.29 is 9.13 Å². The number of hydrogen-bond donors (Lipinski definition) is 2. The highest BCUT2D eigenvalue weighted by Crippen LogP contribution is 2.35. The molecule has 0 atom stereocenters. The Morgan fingerprint density at radius 1 is 1.11 bits per heavy atom. The van der Waals surface area contributed by atoms with Gasteiger partial charge in [0.05, 0.1) is 6.54 Å². The summed E-state index contributed by atoms with van der Waals surface area (Å²) in [5.41, 5.74) is 10.7. The number of aliphatic imine (C=N–C) groups is 1. The van der Waals surface area contributed by atoms with Gasteiger partial charge >= 0.3 is 0 Å². The van der Waals surface area contributed by atoms with Crippen molar-refractivity contribution in [2.75, 3.05) is 25.1 Å². The van der Waals surface area contributed by atoms with Gasteiger partial charge in [0.15, 0.2) is 5.96 Å². The largest absolute Gasteiger partial charge is 0.381 e. The summed E-state index contributed by atoms with van der Waals surface area (Å²) in [6, 6.07) is 13.2. The van der Waals surface area contributed by atoms with Gasteiger partial charge in [0.1, 0.15) is 5.82 Å². The topological polar surface area (TPSA) is 59.6 Å². The predicted octanol–water partition coefficient (Wildman–Crippen LogP) is 3.79. The van der Waals surface area contributed by atoms with Crippen LogP contribution in [0.15, 0.2) is 47.5 Å². The molecular formula is C22H26FN3O. The first-order valence-electron chi connectivity index (χ1n) is 9.67. The number of nitrogens with two attached hydrogens (primary N) is 1. The molecule has 0 amide bonds. The minimum atomic E-state index is -0.232. The maximum Gasteiger partial charge on any atom is 0.193 e. The number of anilines is 1. The molecule has 1 aliphatic carbocycles. The van der Waals surface area contributed by atoms with Gasteiger partial charge in [-0.1, -0.05) is 18.2 Å². The van der Waals surface area contributed by atoms with Crippen molar-refractivity contribution in [2.24, 2.45) is 10.7 Å². The molecule has 0 spiro atoms. The van der Waals surface area contributed by atoms with Crippen LogP contribution in [0.4, 0.5) is 10.1 Å². The molecule has 1 fully saturated rings. The Kier molecular flexibility index (Phi) is 5.12. The summed E-state index contributed by atoms with van der Waals surface area (Å²) in [6.45, 7) is 1.83. The fourth-order valence-corrected chi connectivity index (χ4v) is 4.19. The third-order valence-electron chi connectivity index (χ3n) is 5.81. The summed E-state index contributed by atoms with van der Waals surface area (Å²) in [5.74, 6) is 0.182. The number of fused-ring (bicyclic) bond motifs is 1. The number of nitrogens with one attached hydrogen (secondary N) is 1. The Balaban J connectivity index is 1.51. The van der Waals surface area contributed by atoms with Crippen molar-refractivity contribution in [3.63, 3.8) is 0 Å². The van der Waals surface area contributed by atoms with Crippen LogP contribution in [0.2, 0.25) is 0 Å². The number of aryl methyl sites for hydroxylation is 2. The highest BCUT2D eigenvalue weighted by Gasteiger charge is 2.34. The number of rotatable bonds is 4. The molecule has 1 aliphatic heterocycles. The van der Waals surface area contributed by atoms with Crippen molar-refractivity contribution in [1.82, 2.24) is 0 Å². The van der Waals surface area contributed by atoms with Gasteiger partial charge in [0.2, 0.25) is 0 Å². The molecule has 0 saturated carbocycles. The number of guanidine groups is 1. The average Bonchev–Trinajstić information content (AvgIpc) is 3.15. The molecule has 5 heteroatoms. The SMILES string of the molecule is NC(=NCC1(c2cccc(F)c2)CCOCC1)Nc1ccc2c(c1)CCC2. The smallest absolute Gasteiger partial charge is 0.193 e. The van der Waals surface area contributed by atoms with E-state index >= 15 is 0 Å². The first-order valence-corrected chi connectivity index (χ1v) is 9.67. The van der Waals surface area contributed by atoms with Crippen LogP contribution in [0.25, 0.3) is 0 Å². The van der Waals surface area contributed by atoms with Crippen molar-refractivity contribution in [3.8, 4) is 0 Å². The Morgan fingerprint density at radius 2 is 1.93 bits per heavy atom. The first-order chi connectivity index (χ1) is 13.1. The minimum absolute atomic E-state index is 0.216. The Morgan fingerprint density at radius 3 is 2.74 bits per heavy atom. The normalized spacial score (nSPS) is 18.9. The fourth-order valence-electron chi connectivity index (χ4n) is 4.19. The van der Waals surface area contributed by atoms with Crippen LogP contribution in [0.3, 0.4) is 0 Å². The van der Waals surface area contributed by atoms with Crippen LogP contribution in [0.1, 0.15) is 36.0 Å². The zero-order valence-electron chi connectivity index (χ0n) is 15.5. The van der Waals surface area contributed by atoms with E-state index in [0.29, 0.717) is 25.7 Å². The van der Waals surface area contributed by atoms with Gasteiger partial charge in [0, 0.05) is 24.3 Å². The lowest BCUT2D eigenvalue weighted by Gasteiger charge is -2.36. The van der Waals surface area contributed by atoms with Gasteiger partial charge in [-0.25, -0.2) is 4.39 Å². The molecule has 2 aliphatic rings. The lowest BCUT2D eigenvalue weighted by atomic mass is 9.74. The van der Waals surface area contributed by atoms with Crippen LogP contribution in [0.5, 0.6) is 0 Å². The molecule has 1 heterocycles. The van der Waals surface area contributed by atoms with Gasteiger partial charge in [0.25, 0.3) is 0 Å². The molecule has 1 saturated heterocycles. The van der Waals surface area contributed by atoms with Crippen molar-refractivity contribution in [3.05, 3.63) is 65.0 Å². The summed E-state index contributed by atoms with van der Waals surface area (Å²) in [6.07, 6.45) is 5.14. The monoisotopic (exact) mass is 367 g/mol. The molecule has 2 aromatic carbocycles. The summed E-state index contributed by atoms with van der Waals surface area (Å²) >= 11 is 0. The van der Waals surface area contributed by atoms with E-state index in [2.05, 4.69) is 28.5 Å². The number of ether oxygens (including phenoxy) is 1. The maximum atomic E-state index is 13.8. The van der Waals surface area contributed by atoms with E-state index in [-0.39, 0.29) is 11.2 Å². The summed E-state index contributed by atoms with van der Waals surface area (Å²) in [7, 11) is 0. The quantitative estimate of drug-likeness (QED) is 0.638. The third-order valence-corrected chi connectivity index (χ3v) is 5.81. The molecule has 0 unspecified atom stereocenters. The second-order valence-corrected chi connectivity index (χ2v) is 7.57. The summed E-state index contributed by atoms with van der Waals surface area (Å²) < 4.78 is 19.3. The van der Waals surface area contributed by atoms with Crippen LogP contribution < -0.4 is 11.1 Å². The van der Waals surface area contributed by atoms with Crippen molar-refractivity contribution >= 4 is 11.6 Å². The molecule has 0 aromatic heterocycles. The maximum absolute atomic E-state index is 13.8. The van der Waals surface area contributed by atoms with Gasteiger partial charge in [-0.3, -0.25) is 4.99 Å². The average molecular weight is 367 g/mol. The number of halogens is 1. The minimum Gasteiger partial charge on any atom is -0.381 e. The predicted molar refractivity (Wildman–Crippen MR) is 107 cm³/mol. The lowest BCUT2D eigenvalue weighted by Crippen LogP contribution is -2.38. The van der Waals surface area contributed by atoms with Crippen molar-refractivity contribution in [2.45, 2.75) is 37.5 Å². The van der Waals surface area contributed by atoms with Crippen LogP contribution in [-0.2, 0) is 23.0 Å². The van der Waals surface area contributed by atoms with E-state index < -0.39 is 0 Å². The van der Waals surface area contributed by atoms with Gasteiger partial charge in [-0.05, 0) is 73.1 Å². The lowest BCUT2D eigenvalue weighted by molar-refractivity contribution is 0.0530. The number of benzene rings is 2. The van der Waals surface area contributed by atoms with Crippen LogP contribution >= 0.6 is 0 Å². The molecule has 142 valence electrons. The molecule has 0 radical (unpaired) electrons. The van der Waals surface area contributed by atoms with Crippen molar-refractivity contribution in [1.29, 1.82) is 0 Å². The van der Waals surface area contributed by atoms with Crippen LogP contribution in [0, 0.1) is 5.82 Å². The summed E-state index contributed by atoms with van der Waals surface area (Å²) in [4.78, 5) is 4.62. The molecule has 4 nitrogen and oxygen atoms in total. The molecule has 0 bridgehead atoms. The number of hydrogen-bond acceptors (Lipinski definition) is 2. The van der Waals surface area contributed by atoms with E-state index in [0.717, 1.165) is 36.9 Å². The van der Waals surface area contributed by atoms with E-state index in [1.807, 2.05) is 6.07 Å². The zero-order valence-corrected chi connectivity index (χ0v) is 15.5. The second-order valence-electron chi connectivity index (χ2n) is 7.57. The Bertz CT molecular complexity index is 843. The van der Waals surface area contributed by atoms with E-state index in [9.17, 15) is 4.39 Å². The first kappa shape index (κ1) is 18.0. The van der Waals surface area contributed by atoms with E-state index in [1.54, 1.807) is 12.1 Å².